The molecule has 0 amide bonds. The molecular weight excluding hydrogens is 168 g/mol. The number of carboxylic acid groups (broad SMARTS) is 1. The summed E-state index contributed by atoms with van der Waals surface area (Å²) >= 11 is 0. The van der Waals surface area contributed by atoms with E-state index in [2.05, 4.69) is 0 Å². The quantitative estimate of drug-likeness (QED) is 0.725. The number of carbonyl (C=O) groups excluding carboxylic acids is 1. The van der Waals surface area contributed by atoms with E-state index < -0.39 is 17.3 Å². The van der Waals surface area contributed by atoms with Crippen LogP contribution in [0.2, 0.25) is 0 Å². The summed E-state index contributed by atoms with van der Waals surface area (Å²) in [7, 11) is 0. The minimum Gasteiger partial charge on any atom is -0.481 e. The fourth-order valence-electron chi connectivity index (χ4n) is 2.10. The number of carbonyl (C=O) groups is 2. The van der Waals surface area contributed by atoms with Gasteiger partial charge in [-0.25, -0.2) is 0 Å². The highest BCUT2D eigenvalue weighted by Gasteiger charge is 2.49. The summed E-state index contributed by atoms with van der Waals surface area (Å²) in [6.07, 6.45) is 2.96. The van der Waals surface area contributed by atoms with Crippen LogP contribution in [0, 0.1) is 11.3 Å². The number of Topliss-reactive ketones (excluding diaryl/α,β-unsaturated/α-hetero) is 1. The summed E-state index contributed by atoms with van der Waals surface area (Å²) in [4.78, 5) is 22.4. The van der Waals surface area contributed by atoms with Gasteiger partial charge in [0.05, 0.1) is 5.92 Å². The Morgan fingerprint density at radius 1 is 1.46 bits per heavy atom. The standard InChI is InChI=1S/C10H16O3/c1-3-8(11)10(5-4-6-10)7(2)9(12)13/h7H,3-6H2,1-2H3,(H,12,13). The molecule has 0 aromatic carbocycles. The lowest BCUT2D eigenvalue weighted by atomic mass is 9.58. The Kier molecular flexibility index (Phi) is 2.74. The molecule has 13 heavy (non-hydrogen) atoms. The summed E-state index contributed by atoms with van der Waals surface area (Å²) in [5.74, 6) is -1.25. The summed E-state index contributed by atoms with van der Waals surface area (Å²) < 4.78 is 0. The second kappa shape index (κ2) is 3.48. The van der Waals surface area contributed by atoms with Crippen molar-refractivity contribution in [3.8, 4) is 0 Å². The van der Waals surface area contributed by atoms with E-state index >= 15 is 0 Å². The Labute approximate surface area is 78.1 Å². The average Bonchev–Trinajstić information content (AvgIpc) is 2.01. The maximum Gasteiger partial charge on any atom is 0.307 e. The SMILES string of the molecule is CCC(=O)C1(C(C)C(=O)O)CCC1. The molecule has 0 radical (unpaired) electrons. The third kappa shape index (κ3) is 1.47. The predicted octanol–water partition coefficient (Wildman–Crippen LogP) is 1.86. The number of aliphatic carboxylic acids is 1. The molecule has 0 bridgehead atoms. The lowest BCUT2D eigenvalue weighted by Crippen LogP contribution is -2.46. The van der Waals surface area contributed by atoms with Crippen LogP contribution >= 0.6 is 0 Å². The molecule has 1 saturated carbocycles. The van der Waals surface area contributed by atoms with E-state index in [1.165, 1.54) is 0 Å². The summed E-state index contributed by atoms with van der Waals surface area (Å²) in [6.45, 7) is 3.45. The minimum absolute atomic E-state index is 0.119. The molecule has 0 aliphatic heterocycles. The van der Waals surface area contributed by atoms with Crippen LogP contribution in [0.1, 0.15) is 39.5 Å². The molecule has 1 aliphatic carbocycles. The van der Waals surface area contributed by atoms with Crippen LogP contribution in [0.5, 0.6) is 0 Å². The van der Waals surface area contributed by atoms with E-state index in [9.17, 15) is 9.59 Å². The van der Waals surface area contributed by atoms with Crippen molar-refractivity contribution in [1.82, 2.24) is 0 Å². The van der Waals surface area contributed by atoms with E-state index in [1.807, 2.05) is 0 Å². The van der Waals surface area contributed by atoms with Crippen molar-refractivity contribution in [2.45, 2.75) is 39.5 Å². The number of ketones is 1. The molecular formula is C10H16O3. The van der Waals surface area contributed by atoms with Gasteiger partial charge in [-0.15, -0.1) is 0 Å². The van der Waals surface area contributed by atoms with Crippen LogP contribution in [0.25, 0.3) is 0 Å². The second-order valence-electron chi connectivity index (χ2n) is 3.85. The zero-order chi connectivity index (χ0) is 10.1. The fourth-order valence-corrected chi connectivity index (χ4v) is 2.10. The maximum atomic E-state index is 11.6. The molecule has 0 heterocycles. The number of carboxylic acids is 1. The molecule has 1 fully saturated rings. The highest BCUT2D eigenvalue weighted by Crippen LogP contribution is 2.48. The summed E-state index contributed by atoms with van der Waals surface area (Å²) in [5.41, 5.74) is -0.527. The molecule has 0 aromatic rings. The lowest BCUT2D eigenvalue weighted by Gasteiger charge is -2.43. The van der Waals surface area contributed by atoms with E-state index in [0.29, 0.717) is 6.42 Å². The molecule has 0 spiro atoms. The van der Waals surface area contributed by atoms with Gasteiger partial charge in [-0.3, -0.25) is 9.59 Å². The molecule has 1 atom stereocenters. The molecule has 1 unspecified atom stereocenters. The Hall–Kier alpha value is -0.860. The lowest BCUT2D eigenvalue weighted by molar-refractivity contribution is -0.156. The third-order valence-corrected chi connectivity index (χ3v) is 3.32. The average molecular weight is 184 g/mol. The van der Waals surface area contributed by atoms with Crippen LogP contribution in [0.15, 0.2) is 0 Å². The smallest absolute Gasteiger partial charge is 0.307 e. The summed E-state index contributed by atoms with van der Waals surface area (Å²) in [5, 5.41) is 8.87. The second-order valence-corrected chi connectivity index (χ2v) is 3.85. The Morgan fingerprint density at radius 3 is 2.23 bits per heavy atom. The maximum absolute atomic E-state index is 11.6. The highest BCUT2D eigenvalue weighted by molar-refractivity contribution is 5.90. The molecule has 3 nitrogen and oxygen atoms in total. The van der Waals surface area contributed by atoms with Gasteiger partial charge in [0.25, 0.3) is 0 Å². The molecule has 0 saturated heterocycles. The van der Waals surface area contributed by atoms with Gasteiger partial charge in [-0.1, -0.05) is 20.3 Å². The predicted molar refractivity (Wildman–Crippen MR) is 48.4 cm³/mol. The van der Waals surface area contributed by atoms with Crippen molar-refractivity contribution < 1.29 is 14.7 Å². The van der Waals surface area contributed by atoms with Gasteiger partial charge < -0.3 is 5.11 Å². The zero-order valence-electron chi connectivity index (χ0n) is 8.17. The third-order valence-electron chi connectivity index (χ3n) is 3.32. The van der Waals surface area contributed by atoms with Gasteiger partial charge in [-0.05, 0) is 12.8 Å². The first-order valence-electron chi connectivity index (χ1n) is 4.80. The Balaban J connectivity index is 2.81. The Bertz CT molecular complexity index is 228. The number of rotatable bonds is 4. The van der Waals surface area contributed by atoms with Crippen LogP contribution in [0.3, 0.4) is 0 Å². The zero-order valence-corrected chi connectivity index (χ0v) is 8.17. The van der Waals surface area contributed by atoms with Crippen molar-refractivity contribution in [2.75, 3.05) is 0 Å². The van der Waals surface area contributed by atoms with Crippen molar-refractivity contribution >= 4 is 11.8 Å². The Morgan fingerprint density at radius 2 is 2.00 bits per heavy atom. The van der Waals surface area contributed by atoms with Crippen LogP contribution in [-0.4, -0.2) is 16.9 Å². The van der Waals surface area contributed by atoms with Crippen molar-refractivity contribution in [3.63, 3.8) is 0 Å². The van der Waals surface area contributed by atoms with Gasteiger partial charge >= 0.3 is 5.97 Å². The van der Waals surface area contributed by atoms with E-state index in [-0.39, 0.29) is 5.78 Å². The van der Waals surface area contributed by atoms with E-state index in [0.717, 1.165) is 19.3 Å². The largest absolute Gasteiger partial charge is 0.481 e. The molecule has 1 aliphatic rings. The molecule has 74 valence electrons. The number of hydrogen-bond donors (Lipinski definition) is 1. The van der Waals surface area contributed by atoms with Gasteiger partial charge in [0.15, 0.2) is 0 Å². The van der Waals surface area contributed by atoms with Gasteiger partial charge in [-0.2, -0.15) is 0 Å². The van der Waals surface area contributed by atoms with E-state index in [4.69, 9.17) is 5.11 Å². The number of hydrogen-bond acceptors (Lipinski definition) is 2. The van der Waals surface area contributed by atoms with Crippen molar-refractivity contribution in [3.05, 3.63) is 0 Å². The van der Waals surface area contributed by atoms with Crippen molar-refractivity contribution in [2.24, 2.45) is 11.3 Å². The summed E-state index contributed by atoms with van der Waals surface area (Å²) in [6, 6.07) is 0. The van der Waals surface area contributed by atoms with Crippen LogP contribution < -0.4 is 0 Å². The minimum atomic E-state index is -0.846. The van der Waals surface area contributed by atoms with Gasteiger partial charge in [0, 0.05) is 11.8 Å². The normalized spacial score (nSPS) is 21.7. The highest BCUT2D eigenvalue weighted by atomic mass is 16.4. The fraction of sp³-hybridized carbons (Fsp3) is 0.800. The van der Waals surface area contributed by atoms with Crippen LogP contribution in [0.4, 0.5) is 0 Å². The van der Waals surface area contributed by atoms with Gasteiger partial charge in [0.2, 0.25) is 0 Å². The first-order valence-corrected chi connectivity index (χ1v) is 4.80. The molecule has 3 heteroatoms. The van der Waals surface area contributed by atoms with Crippen LogP contribution in [-0.2, 0) is 9.59 Å². The van der Waals surface area contributed by atoms with E-state index in [1.54, 1.807) is 13.8 Å². The van der Waals surface area contributed by atoms with Crippen molar-refractivity contribution in [1.29, 1.82) is 0 Å². The molecule has 1 N–H and O–H groups in total. The first kappa shape index (κ1) is 10.2. The molecule has 1 rings (SSSR count). The topological polar surface area (TPSA) is 54.4 Å². The first-order chi connectivity index (χ1) is 6.04. The molecule has 0 aromatic heterocycles. The monoisotopic (exact) mass is 184 g/mol. The van der Waals surface area contributed by atoms with Gasteiger partial charge in [0.1, 0.15) is 5.78 Å².